The van der Waals surface area contributed by atoms with Crippen LogP contribution >= 0.6 is 22.7 Å². The maximum atomic E-state index is 12.7. The minimum Gasteiger partial charge on any atom is -0.349 e. The number of aryl methyl sites for hydroxylation is 1. The molecule has 0 spiro atoms. The SMILES string of the molecule is C=CCNC(=O)c1cc(-c2csc(-c3ccnc(CC)c3)n2)n(Cc2cccs2)c1C. The Labute approximate surface area is 190 Å². The van der Waals surface area contributed by atoms with Gasteiger partial charge in [0.25, 0.3) is 5.91 Å². The monoisotopic (exact) mass is 448 g/mol. The predicted molar refractivity (Wildman–Crippen MR) is 129 cm³/mol. The van der Waals surface area contributed by atoms with E-state index in [1.165, 1.54) is 4.88 Å². The molecule has 1 N–H and O–H groups in total. The van der Waals surface area contributed by atoms with Gasteiger partial charge in [0.05, 0.1) is 23.5 Å². The summed E-state index contributed by atoms with van der Waals surface area (Å²) < 4.78 is 2.18. The zero-order chi connectivity index (χ0) is 21.8. The number of pyridine rings is 1. The highest BCUT2D eigenvalue weighted by atomic mass is 32.1. The van der Waals surface area contributed by atoms with Crippen LogP contribution in [0.5, 0.6) is 0 Å². The van der Waals surface area contributed by atoms with Crippen LogP contribution in [0.1, 0.15) is 33.5 Å². The van der Waals surface area contributed by atoms with Gasteiger partial charge in [-0.05, 0) is 43.0 Å². The van der Waals surface area contributed by atoms with Crippen molar-refractivity contribution in [3.05, 3.63) is 81.8 Å². The normalized spacial score (nSPS) is 10.9. The molecule has 0 unspecified atom stereocenters. The first-order chi connectivity index (χ1) is 15.1. The molecule has 0 aliphatic heterocycles. The molecular weight excluding hydrogens is 424 g/mol. The van der Waals surface area contributed by atoms with Crippen LogP contribution in [0.3, 0.4) is 0 Å². The number of hydrogen-bond donors (Lipinski definition) is 1. The van der Waals surface area contributed by atoms with Crippen LogP contribution in [-0.4, -0.2) is 27.0 Å². The Morgan fingerprint density at radius 3 is 2.90 bits per heavy atom. The third-order valence-corrected chi connectivity index (χ3v) is 6.86. The lowest BCUT2D eigenvalue weighted by atomic mass is 10.2. The second-order valence-electron chi connectivity index (χ2n) is 7.12. The van der Waals surface area contributed by atoms with E-state index in [9.17, 15) is 4.79 Å². The molecule has 5 nitrogen and oxygen atoms in total. The highest BCUT2D eigenvalue weighted by Gasteiger charge is 2.20. The number of aromatic nitrogens is 3. The van der Waals surface area contributed by atoms with Crippen LogP contribution in [0.25, 0.3) is 22.0 Å². The van der Waals surface area contributed by atoms with Crippen LogP contribution in [0, 0.1) is 6.92 Å². The Bertz CT molecular complexity index is 1200. The Morgan fingerprint density at radius 2 is 2.16 bits per heavy atom. The first kappa shape index (κ1) is 21.2. The largest absolute Gasteiger partial charge is 0.349 e. The van der Waals surface area contributed by atoms with Gasteiger partial charge in [-0.1, -0.05) is 19.1 Å². The number of nitrogens with one attached hydrogen (secondary N) is 1. The molecule has 4 rings (SSSR count). The van der Waals surface area contributed by atoms with Crippen molar-refractivity contribution in [2.75, 3.05) is 6.54 Å². The van der Waals surface area contributed by atoms with Gasteiger partial charge in [-0.15, -0.1) is 29.3 Å². The third kappa shape index (κ3) is 4.52. The first-order valence-corrected chi connectivity index (χ1v) is 11.9. The number of amides is 1. The molecule has 0 saturated carbocycles. The molecule has 4 aromatic heterocycles. The Balaban J connectivity index is 1.75. The summed E-state index contributed by atoms with van der Waals surface area (Å²) in [6.07, 6.45) is 4.40. The highest BCUT2D eigenvalue weighted by Crippen LogP contribution is 2.32. The van der Waals surface area contributed by atoms with Crippen LogP contribution in [0.2, 0.25) is 0 Å². The minimum atomic E-state index is -0.0965. The number of nitrogens with zero attached hydrogens (tertiary/aromatic N) is 3. The Morgan fingerprint density at radius 1 is 1.29 bits per heavy atom. The van der Waals surface area contributed by atoms with Gasteiger partial charge in [0.15, 0.2) is 0 Å². The molecule has 0 aliphatic rings. The molecule has 7 heteroatoms. The molecule has 4 heterocycles. The van der Waals surface area contributed by atoms with Crippen LogP contribution in [0.4, 0.5) is 0 Å². The summed E-state index contributed by atoms with van der Waals surface area (Å²) >= 11 is 3.32. The van der Waals surface area contributed by atoms with Crippen molar-refractivity contribution in [1.29, 1.82) is 0 Å². The average Bonchev–Trinajstić information content (AvgIpc) is 3.54. The summed E-state index contributed by atoms with van der Waals surface area (Å²) in [5, 5.41) is 7.97. The Hall–Kier alpha value is -3.03. The number of carbonyl (C=O) groups is 1. The van der Waals surface area contributed by atoms with E-state index in [1.807, 2.05) is 31.3 Å². The topological polar surface area (TPSA) is 59.8 Å². The number of thiophene rings is 1. The number of thiazole rings is 1. The molecule has 0 aromatic carbocycles. The molecule has 0 saturated heterocycles. The Kier molecular flexibility index (Phi) is 6.44. The van der Waals surface area contributed by atoms with Crippen LogP contribution < -0.4 is 5.32 Å². The van der Waals surface area contributed by atoms with Gasteiger partial charge in [0.1, 0.15) is 5.01 Å². The zero-order valence-electron chi connectivity index (χ0n) is 17.6. The second kappa shape index (κ2) is 9.41. The van der Waals surface area contributed by atoms with E-state index in [2.05, 4.69) is 51.3 Å². The predicted octanol–water partition coefficient (Wildman–Crippen LogP) is 5.57. The van der Waals surface area contributed by atoms with Crippen molar-refractivity contribution >= 4 is 28.6 Å². The van der Waals surface area contributed by atoms with Crippen molar-refractivity contribution in [3.8, 4) is 22.0 Å². The summed E-state index contributed by atoms with van der Waals surface area (Å²) in [4.78, 5) is 23.3. The summed E-state index contributed by atoms with van der Waals surface area (Å²) in [5.74, 6) is -0.0965. The lowest BCUT2D eigenvalue weighted by Gasteiger charge is -2.10. The summed E-state index contributed by atoms with van der Waals surface area (Å²) in [7, 11) is 0. The van der Waals surface area contributed by atoms with Crippen LogP contribution in [0.15, 0.2) is 59.9 Å². The van der Waals surface area contributed by atoms with Gasteiger partial charge in [-0.2, -0.15) is 0 Å². The second-order valence-corrected chi connectivity index (χ2v) is 9.01. The van der Waals surface area contributed by atoms with E-state index >= 15 is 0 Å². The lowest BCUT2D eigenvalue weighted by molar-refractivity contribution is 0.0957. The molecule has 1 amide bonds. The number of hydrogen-bond acceptors (Lipinski definition) is 5. The van der Waals surface area contributed by atoms with E-state index in [0.717, 1.165) is 39.8 Å². The van der Waals surface area contributed by atoms with E-state index in [1.54, 1.807) is 28.7 Å². The minimum absolute atomic E-state index is 0.0965. The molecule has 0 atom stereocenters. The van der Waals surface area contributed by atoms with Crippen molar-refractivity contribution in [1.82, 2.24) is 19.9 Å². The molecule has 0 aliphatic carbocycles. The van der Waals surface area contributed by atoms with Crippen LogP contribution in [-0.2, 0) is 13.0 Å². The van der Waals surface area contributed by atoms with E-state index in [4.69, 9.17) is 4.98 Å². The number of rotatable bonds is 8. The third-order valence-electron chi connectivity index (χ3n) is 5.10. The molecule has 31 heavy (non-hydrogen) atoms. The van der Waals surface area contributed by atoms with Gasteiger partial charge < -0.3 is 9.88 Å². The van der Waals surface area contributed by atoms with E-state index in [0.29, 0.717) is 18.7 Å². The van der Waals surface area contributed by atoms with Gasteiger partial charge in [0.2, 0.25) is 0 Å². The molecule has 4 aromatic rings. The van der Waals surface area contributed by atoms with Gasteiger partial charge in [-0.3, -0.25) is 9.78 Å². The molecular formula is C24H24N4OS2. The fourth-order valence-corrected chi connectivity index (χ4v) is 4.94. The van der Waals surface area contributed by atoms with Gasteiger partial charge in [0, 0.05) is 40.0 Å². The summed E-state index contributed by atoms with van der Waals surface area (Å²) in [6, 6.07) is 10.2. The first-order valence-electron chi connectivity index (χ1n) is 10.1. The quantitative estimate of drug-likeness (QED) is 0.359. The van der Waals surface area contributed by atoms with Crippen molar-refractivity contribution < 1.29 is 4.79 Å². The van der Waals surface area contributed by atoms with Crippen molar-refractivity contribution in [2.45, 2.75) is 26.8 Å². The summed E-state index contributed by atoms with van der Waals surface area (Å²) in [5.41, 5.74) is 5.53. The van der Waals surface area contributed by atoms with Crippen molar-refractivity contribution in [2.24, 2.45) is 0 Å². The number of carbonyl (C=O) groups excluding carboxylic acids is 1. The smallest absolute Gasteiger partial charge is 0.253 e. The van der Waals surface area contributed by atoms with E-state index < -0.39 is 0 Å². The standard InChI is InChI=1S/C24H24N4OS2/c1-4-9-26-23(29)20-13-22(28(16(20)3)14-19-7-6-11-30-19)21-15-31-24(27-21)17-8-10-25-18(5-2)12-17/h4,6-8,10-13,15H,1,5,9,14H2,2-3H3,(H,26,29). The summed E-state index contributed by atoms with van der Waals surface area (Å²) in [6.45, 7) is 8.91. The maximum absolute atomic E-state index is 12.7. The average molecular weight is 449 g/mol. The van der Waals surface area contributed by atoms with Gasteiger partial charge in [-0.25, -0.2) is 4.98 Å². The molecule has 0 bridgehead atoms. The van der Waals surface area contributed by atoms with Gasteiger partial charge >= 0.3 is 0 Å². The highest BCUT2D eigenvalue weighted by molar-refractivity contribution is 7.13. The molecule has 158 valence electrons. The molecule has 0 fully saturated rings. The zero-order valence-corrected chi connectivity index (χ0v) is 19.2. The lowest BCUT2D eigenvalue weighted by Crippen LogP contribution is -2.23. The fraction of sp³-hybridized carbons (Fsp3) is 0.208. The molecule has 0 radical (unpaired) electrons. The van der Waals surface area contributed by atoms with Crippen molar-refractivity contribution in [3.63, 3.8) is 0 Å². The maximum Gasteiger partial charge on any atom is 0.253 e. The van der Waals surface area contributed by atoms with E-state index in [-0.39, 0.29) is 5.91 Å². The fourth-order valence-electron chi connectivity index (χ4n) is 3.44.